The highest BCUT2D eigenvalue weighted by Crippen LogP contribution is 2.32. The summed E-state index contributed by atoms with van der Waals surface area (Å²) in [5, 5.41) is 3.62. The summed E-state index contributed by atoms with van der Waals surface area (Å²) in [6.07, 6.45) is 0.291. The molecule has 3 aromatic carbocycles. The molecule has 4 nitrogen and oxygen atoms in total. The number of nitrogens with zero attached hydrogens (tertiary/aromatic N) is 1. The fourth-order valence-electron chi connectivity index (χ4n) is 3.20. The topological polar surface area (TPSA) is 41.6 Å². The van der Waals surface area contributed by atoms with Gasteiger partial charge < -0.3 is 15.0 Å². The molecule has 30 heavy (non-hydrogen) atoms. The van der Waals surface area contributed by atoms with Crippen molar-refractivity contribution in [3.05, 3.63) is 82.9 Å². The van der Waals surface area contributed by atoms with Crippen molar-refractivity contribution in [3.8, 4) is 16.9 Å². The van der Waals surface area contributed by atoms with E-state index in [1.165, 1.54) is 5.56 Å². The Balaban J connectivity index is 1.73. The molecule has 0 aliphatic carbocycles. The quantitative estimate of drug-likeness (QED) is 0.521. The first-order valence-corrected chi connectivity index (χ1v) is 10.2. The summed E-state index contributed by atoms with van der Waals surface area (Å²) >= 11 is 6.45. The average molecular weight is 423 g/mol. The number of carbonyl (C=O) groups is 1. The molecule has 0 saturated heterocycles. The maximum absolute atomic E-state index is 12.5. The number of nitrogens with one attached hydrogen (secondary N) is 1. The number of carbonyl (C=O) groups excluding carboxylic acids is 1. The first-order chi connectivity index (χ1) is 14.4. The summed E-state index contributed by atoms with van der Waals surface area (Å²) in [7, 11) is 5.75. The highest BCUT2D eigenvalue weighted by Gasteiger charge is 2.11. The van der Waals surface area contributed by atoms with E-state index in [4.69, 9.17) is 16.3 Å². The Morgan fingerprint density at radius 1 is 1.03 bits per heavy atom. The molecule has 3 aromatic rings. The molecule has 0 saturated carbocycles. The van der Waals surface area contributed by atoms with E-state index in [9.17, 15) is 4.79 Å². The number of rotatable bonds is 7. The van der Waals surface area contributed by atoms with Crippen molar-refractivity contribution in [2.24, 2.45) is 0 Å². The predicted octanol–water partition coefficient (Wildman–Crippen LogP) is 5.82. The lowest BCUT2D eigenvalue weighted by atomic mass is 10.0. The molecule has 1 amide bonds. The fourth-order valence-corrected chi connectivity index (χ4v) is 3.42. The molecule has 0 bridgehead atoms. The van der Waals surface area contributed by atoms with Crippen LogP contribution in [0.5, 0.6) is 5.75 Å². The Kier molecular flexibility index (Phi) is 7.14. The molecule has 0 radical (unpaired) electrons. The number of methoxy groups -OCH3 is 1. The van der Waals surface area contributed by atoms with Gasteiger partial charge in [-0.3, -0.25) is 4.79 Å². The summed E-state index contributed by atoms with van der Waals surface area (Å²) in [5.74, 6) is 0.691. The van der Waals surface area contributed by atoms with Crippen molar-refractivity contribution >= 4 is 23.2 Å². The van der Waals surface area contributed by atoms with Crippen LogP contribution in [0.15, 0.2) is 66.7 Å². The van der Waals surface area contributed by atoms with Gasteiger partial charge in [0.1, 0.15) is 5.75 Å². The standard InChI is InChI=1S/C25H27ClN2O2/c1-17(28(2)3)19-7-9-20(10-8-19)23-16-21(11-14-24(23)26)27-25(29)15-18-5-12-22(30-4)13-6-18/h5-14,16-17H,15H2,1-4H3,(H,27,29). The summed E-state index contributed by atoms with van der Waals surface area (Å²) < 4.78 is 5.15. The van der Waals surface area contributed by atoms with Gasteiger partial charge in [-0.05, 0) is 68.0 Å². The van der Waals surface area contributed by atoms with Crippen molar-refractivity contribution in [1.29, 1.82) is 0 Å². The smallest absolute Gasteiger partial charge is 0.228 e. The Hall–Kier alpha value is -2.82. The molecule has 3 rings (SSSR count). The van der Waals surface area contributed by atoms with Gasteiger partial charge in [0.15, 0.2) is 0 Å². The van der Waals surface area contributed by atoms with E-state index in [0.29, 0.717) is 17.5 Å². The zero-order valence-electron chi connectivity index (χ0n) is 17.8. The summed E-state index contributed by atoms with van der Waals surface area (Å²) in [5.41, 5.74) is 4.79. The average Bonchev–Trinajstić information content (AvgIpc) is 2.75. The lowest BCUT2D eigenvalue weighted by Crippen LogP contribution is -2.16. The van der Waals surface area contributed by atoms with Crippen LogP contribution in [-0.2, 0) is 11.2 Å². The Bertz CT molecular complexity index is 999. The number of benzene rings is 3. The fraction of sp³-hybridized carbons (Fsp3) is 0.240. The van der Waals surface area contributed by atoms with Crippen LogP contribution < -0.4 is 10.1 Å². The molecule has 1 unspecified atom stereocenters. The van der Waals surface area contributed by atoms with Crippen molar-refractivity contribution < 1.29 is 9.53 Å². The van der Waals surface area contributed by atoms with Gasteiger partial charge in [-0.25, -0.2) is 0 Å². The van der Waals surface area contributed by atoms with E-state index in [2.05, 4.69) is 55.5 Å². The second-order valence-corrected chi connectivity index (χ2v) is 7.94. The maximum atomic E-state index is 12.5. The minimum atomic E-state index is -0.0800. The Labute approximate surface area is 183 Å². The van der Waals surface area contributed by atoms with Gasteiger partial charge in [-0.15, -0.1) is 0 Å². The van der Waals surface area contributed by atoms with Crippen molar-refractivity contribution in [3.63, 3.8) is 0 Å². The Morgan fingerprint density at radius 2 is 1.70 bits per heavy atom. The van der Waals surface area contributed by atoms with Gasteiger partial charge in [0, 0.05) is 22.3 Å². The van der Waals surface area contributed by atoms with Crippen LogP contribution in [-0.4, -0.2) is 32.0 Å². The third-order valence-corrected chi connectivity index (χ3v) is 5.58. The zero-order chi connectivity index (χ0) is 21.7. The lowest BCUT2D eigenvalue weighted by molar-refractivity contribution is -0.115. The third-order valence-electron chi connectivity index (χ3n) is 5.25. The second-order valence-electron chi connectivity index (χ2n) is 7.53. The summed E-state index contributed by atoms with van der Waals surface area (Å²) in [6, 6.07) is 21.7. The monoisotopic (exact) mass is 422 g/mol. The van der Waals surface area contributed by atoms with E-state index in [0.717, 1.165) is 28.1 Å². The number of hydrogen-bond donors (Lipinski definition) is 1. The van der Waals surface area contributed by atoms with Gasteiger partial charge in [-0.1, -0.05) is 48.0 Å². The van der Waals surface area contributed by atoms with E-state index in [-0.39, 0.29) is 5.91 Å². The second kappa shape index (κ2) is 9.79. The van der Waals surface area contributed by atoms with Crippen LogP contribution in [0.25, 0.3) is 11.1 Å². The molecule has 0 heterocycles. The first kappa shape index (κ1) is 21.9. The minimum absolute atomic E-state index is 0.0800. The molecule has 1 atom stereocenters. The van der Waals surface area contributed by atoms with Crippen LogP contribution in [0.3, 0.4) is 0 Å². The molecular weight excluding hydrogens is 396 g/mol. The van der Waals surface area contributed by atoms with E-state index < -0.39 is 0 Å². The molecule has 0 spiro atoms. The minimum Gasteiger partial charge on any atom is -0.497 e. The van der Waals surface area contributed by atoms with Crippen LogP contribution in [0, 0.1) is 0 Å². The Morgan fingerprint density at radius 3 is 2.30 bits per heavy atom. The van der Waals surface area contributed by atoms with Gasteiger partial charge in [0.05, 0.1) is 13.5 Å². The third kappa shape index (κ3) is 5.41. The SMILES string of the molecule is COc1ccc(CC(=O)Nc2ccc(Cl)c(-c3ccc(C(C)N(C)C)cc3)c2)cc1. The molecule has 1 N–H and O–H groups in total. The van der Waals surface area contributed by atoms with Gasteiger partial charge in [0.2, 0.25) is 5.91 Å². The summed E-state index contributed by atoms with van der Waals surface area (Å²) in [4.78, 5) is 14.6. The van der Waals surface area contributed by atoms with Gasteiger partial charge in [0.25, 0.3) is 0 Å². The van der Waals surface area contributed by atoms with Gasteiger partial charge in [-0.2, -0.15) is 0 Å². The number of anilines is 1. The first-order valence-electron chi connectivity index (χ1n) is 9.86. The highest BCUT2D eigenvalue weighted by atomic mass is 35.5. The van der Waals surface area contributed by atoms with Crippen molar-refractivity contribution in [2.45, 2.75) is 19.4 Å². The number of halogens is 1. The lowest BCUT2D eigenvalue weighted by Gasteiger charge is -2.20. The van der Waals surface area contributed by atoms with E-state index in [1.807, 2.05) is 42.5 Å². The molecule has 0 fully saturated rings. The maximum Gasteiger partial charge on any atom is 0.228 e. The largest absolute Gasteiger partial charge is 0.497 e. The van der Waals surface area contributed by atoms with Crippen molar-refractivity contribution in [1.82, 2.24) is 4.90 Å². The van der Waals surface area contributed by atoms with E-state index >= 15 is 0 Å². The van der Waals surface area contributed by atoms with Crippen LogP contribution in [0.4, 0.5) is 5.69 Å². The summed E-state index contributed by atoms with van der Waals surface area (Å²) in [6.45, 7) is 2.17. The molecule has 0 aliphatic heterocycles. The molecular formula is C25H27ClN2O2. The van der Waals surface area contributed by atoms with Crippen molar-refractivity contribution in [2.75, 3.05) is 26.5 Å². The molecule has 0 aliphatic rings. The molecule has 5 heteroatoms. The number of ether oxygens (including phenoxy) is 1. The highest BCUT2D eigenvalue weighted by molar-refractivity contribution is 6.33. The van der Waals surface area contributed by atoms with Crippen LogP contribution in [0.2, 0.25) is 5.02 Å². The molecule has 0 aromatic heterocycles. The molecule has 156 valence electrons. The normalized spacial score (nSPS) is 11.9. The predicted molar refractivity (Wildman–Crippen MR) is 124 cm³/mol. The van der Waals surface area contributed by atoms with Crippen LogP contribution in [0.1, 0.15) is 24.1 Å². The number of amides is 1. The van der Waals surface area contributed by atoms with Crippen LogP contribution >= 0.6 is 11.6 Å². The van der Waals surface area contributed by atoms with Gasteiger partial charge >= 0.3 is 0 Å². The van der Waals surface area contributed by atoms with E-state index in [1.54, 1.807) is 7.11 Å². The number of hydrogen-bond acceptors (Lipinski definition) is 3. The zero-order valence-corrected chi connectivity index (χ0v) is 18.5.